The Morgan fingerprint density at radius 2 is 1.70 bits per heavy atom. The van der Waals surface area contributed by atoms with Gasteiger partial charge in [0.25, 0.3) is 0 Å². The van der Waals surface area contributed by atoms with Crippen LogP contribution in [0.25, 0.3) is 0 Å². The lowest BCUT2D eigenvalue weighted by Crippen LogP contribution is -2.40. The standard InChI is InChI=1S/C19H29N/c1-15-7-9-17(10-8-15)18-13-19(14-18)20-12-11-16-5-3-2-4-6-16/h7-10,16,18-20H,2-6,11-14H2,1H3. The molecule has 2 aliphatic carbocycles. The summed E-state index contributed by atoms with van der Waals surface area (Å²) in [6.07, 6.45) is 11.5. The van der Waals surface area contributed by atoms with Crippen LogP contribution in [0, 0.1) is 12.8 Å². The molecule has 0 aliphatic heterocycles. The van der Waals surface area contributed by atoms with E-state index >= 15 is 0 Å². The molecular formula is C19H29N. The van der Waals surface area contributed by atoms with Gasteiger partial charge in [0, 0.05) is 6.04 Å². The zero-order valence-corrected chi connectivity index (χ0v) is 12.9. The van der Waals surface area contributed by atoms with E-state index in [0.717, 1.165) is 17.9 Å². The van der Waals surface area contributed by atoms with Crippen LogP contribution >= 0.6 is 0 Å². The second-order valence-corrected chi connectivity index (χ2v) is 7.02. The Labute approximate surface area is 124 Å². The van der Waals surface area contributed by atoms with Gasteiger partial charge in [0.1, 0.15) is 0 Å². The van der Waals surface area contributed by atoms with Crippen molar-refractivity contribution in [3.63, 3.8) is 0 Å². The number of hydrogen-bond donors (Lipinski definition) is 1. The minimum absolute atomic E-state index is 0.782. The normalized spacial score (nSPS) is 27.2. The lowest BCUT2D eigenvalue weighted by Gasteiger charge is -2.37. The molecule has 0 radical (unpaired) electrons. The van der Waals surface area contributed by atoms with Gasteiger partial charge in [0.05, 0.1) is 0 Å². The van der Waals surface area contributed by atoms with Crippen molar-refractivity contribution in [2.75, 3.05) is 6.54 Å². The summed E-state index contributed by atoms with van der Waals surface area (Å²) in [5.41, 5.74) is 2.91. The van der Waals surface area contributed by atoms with Gasteiger partial charge >= 0.3 is 0 Å². The van der Waals surface area contributed by atoms with Gasteiger partial charge in [-0.15, -0.1) is 0 Å². The molecule has 2 aliphatic rings. The van der Waals surface area contributed by atoms with Crippen molar-refractivity contribution in [3.05, 3.63) is 35.4 Å². The molecule has 20 heavy (non-hydrogen) atoms. The van der Waals surface area contributed by atoms with Crippen molar-refractivity contribution < 1.29 is 0 Å². The maximum Gasteiger partial charge on any atom is 0.00787 e. The fourth-order valence-electron chi connectivity index (χ4n) is 3.86. The number of benzene rings is 1. The topological polar surface area (TPSA) is 12.0 Å². The molecule has 0 spiro atoms. The summed E-state index contributed by atoms with van der Waals surface area (Å²) >= 11 is 0. The van der Waals surface area contributed by atoms with E-state index in [1.807, 2.05) is 0 Å². The maximum atomic E-state index is 3.78. The van der Waals surface area contributed by atoms with Crippen molar-refractivity contribution in [2.24, 2.45) is 5.92 Å². The van der Waals surface area contributed by atoms with Gasteiger partial charge in [-0.05, 0) is 50.1 Å². The van der Waals surface area contributed by atoms with Crippen molar-refractivity contribution in [1.82, 2.24) is 5.32 Å². The highest BCUT2D eigenvalue weighted by Gasteiger charge is 2.29. The van der Waals surface area contributed by atoms with E-state index in [1.54, 1.807) is 5.56 Å². The molecule has 2 fully saturated rings. The number of nitrogens with one attached hydrogen (secondary N) is 1. The van der Waals surface area contributed by atoms with Gasteiger partial charge in [0.2, 0.25) is 0 Å². The summed E-state index contributed by atoms with van der Waals surface area (Å²) in [5, 5.41) is 3.78. The Hall–Kier alpha value is -0.820. The fraction of sp³-hybridized carbons (Fsp3) is 0.684. The van der Waals surface area contributed by atoms with Crippen molar-refractivity contribution in [2.45, 2.75) is 70.3 Å². The molecule has 1 aromatic carbocycles. The molecule has 110 valence electrons. The minimum Gasteiger partial charge on any atom is -0.314 e. The third-order valence-electron chi connectivity index (χ3n) is 5.40. The summed E-state index contributed by atoms with van der Waals surface area (Å²) < 4.78 is 0. The van der Waals surface area contributed by atoms with Crippen LogP contribution in [0.4, 0.5) is 0 Å². The van der Waals surface area contributed by atoms with Gasteiger partial charge in [-0.2, -0.15) is 0 Å². The highest BCUT2D eigenvalue weighted by atomic mass is 14.9. The van der Waals surface area contributed by atoms with Crippen LogP contribution in [-0.4, -0.2) is 12.6 Å². The van der Waals surface area contributed by atoms with Gasteiger partial charge in [-0.1, -0.05) is 61.9 Å². The molecule has 0 amide bonds. The number of aryl methyl sites for hydroxylation is 1. The number of rotatable bonds is 5. The van der Waals surface area contributed by atoms with Crippen molar-refractivity contribution in [1.29, 1.82) is 0 Å². The van der Waals surface area contributed by atoms with Gasteiger partial charge < -0.3 is 5.32 Å². The first-order valence-electron chi connectivity index (χ1n) is 8.61. The first-order valence-corrected chi connectivity index (χ1v) is 8.61. The number of hydrogen-bond acceptors (Lipinski definition) is 1. The first kappa shape index (κ1) is 14.1. The van der Waals surface area contributed by atoms with Crippen LogP contribution in [0.2, 0.25) is 0 Å². The highest BCUT2D eigenvalue weighted by molar-refractivity contribution is 5.26. The molecule has 1 N–H and O–H groups in total. The van der Waals surface area contributed by atoms with E-state index in [0.29, 0.717) is 0 Å². The molecule has 0 unspecified atom stereocenters. The molecule has 1 heteroatoms. The van der Waals surface area contributed by atoms with Crippen LogP contribution in [0.3, 0.4) is 0 Å². The van der Waals surface area contributed by atoms with Crippen LogP contribution < -0.4 is 5.32 Å². The Bertz CT molecular complexity index is 396. The predicted octanol–water partition coefficient (Wildman–Crippen LogP) is 4.80. The van der Waals surface area contributed by atoms with Crippen LogP contribution in [-0.2, 0) is 0 Å². The molecule has 2 saturated carbocycles. The highest BCUT2D eigenvalue weighted by Crippen LogP contribution is 2.37. The summed E-state index contributed by atoms with van der Waals surface area (Å²) in [6.45, 7) is 3.41. The van der Waals surface area contributed by atoms with Gasteiger partial charge in [-0.3, -0.25) is 0 Å². The summed E-state index contributed by atoms with van der Waals surface area (Å²) in [7, 11) is 0. The Morgan fingerprint density at radius 1 is 1.00 bits per heavy atom. The first-order chi connectivity index (χ1) is 9.81. The summed E-state index contributed by atoms with van der Waals surface area (Å²) in [5.74, 6) is 1.83. The van der Waals surface area contributed by atoms with Crippen molar-refractivity contribution in [3.8, 4) is 0 Å². The molecule has 1 nitrogen and oxygen atoms in total. The average molecular weight is 271 g/mol. The predicted molar refractivity (Wildman–Crippen MR) is 86.1 cm³/mol. The van der Waals surface area contributed by atoms with Crippen LogP contribution in [0.15, 0.2) is 24.3 Å². The monoisotopic (exact) mass is 271 g/mol. The van der Waals surface area contributed by atoms with Crippen LogP contribution in [0.5, 0.6) is 0 Å². The van der Waals surface area contributed by atoms with Gasteiger partial charge in [0.15, 0.2) is 0 Å². The second-order valence-electron chi connectivity index (χ2n) is 7.02. The summed E-state index contributed by atoms with van der Waals surface area (Å²) in [4.78, 5) is 0. The second kappa shape index (κ2) is 6.76. The molecule has 0 saturated heterocycles. The van der Waals surface area contributed by atoms with Gasteiger partial charge in [-0.25, -0.2) is 0 Å². The Kier molecular flexibility index (Phi) is 4.77. The molecule has 0 heterocycles. The largest absolute Gasteiger partial charge is 0.314 e. The summed E-state index contributed by atoms with van der Waals surface area (Å²) in [6, 6.07) is 9.92. The van der Waals surface area contributed by atoms with E-state index in [-0.39, 0.29) is 0 Å². The molecule has 0 bridgehead atoms. The lowest BCUT2D eigenvalue weighted by atomic mass is 9.75. The maximum absolute atomic E-state index is 3.78. The molecule has 0 aromatic heterocycles. The average Bonchev–Trinajstić information content (AvgIpc) is 2.44. The quantitative estimate of drug-likeness (QED) is 0.811. The third kappa shape index (κ3) is 3.63. The molecule has 0 atom stereocenters. The van der Waals surface area contributed by atoms with Crippen LogP contribution in [0.1, 0.15) is 68.4 Å². The Morgan fingerprint density at radius 3 is 2.40 bits per heavy atom. The minimum atomic E-state index is 0.782. The van der Waals surface area contributed by atoms with E-state index < -0.39 is 0 Å². The zero-order chi connectivity index (χ0) is 13.8. The van der Waals surface area contributed by atoms with E-state index in [1.165, 1.54) is 63.5 Å². The molecular weight excluding hydrogens is 242 g/mol. The molecule has 3 rings (SSSR count). The zero-order valence-electron chi connectivity index (χ0n) is 12.9. The fourth-order valence-corrected chi connectivity index (χ4v) is 3.86. The van der Waals surface area contributed by atoms with E-state index in [9.17, 15) is 0 Å². The van der Waals surface area contributed by atoms with E-state index in [2.05, 4.69) is 36.5 Å². The third-order valence-corrected chi connectivity index (χ3v) is 5.40. The van der Waals surface area contributed by atoms with Crippen molar-refractivity contribution >= 4 is 0 Å². The molecule has 1 aromatic rings. The Balaban J connectivity index is 1.33. The lowest BCUT2D eigenvalue weighted by molar-refractivity contribution is 0.270. The SMILES string of the molecule is Cc1ccc(C2CC(NCCC3CCCCC3)C2)cc1. The smallest absolute Gasteiger partial charge is 0.00787 e. The van der Waals surface area contributed by atoms with E-state index in [4.69, 9.17) is 0 Å².